The number of carbonyl (C=O) groups is 1. The quantitative estimate of drug-likeness (QED) is 0.389. The fraction of sp³-hybridized carbons (Fsp3) is 0.531. The average molecular weight is 565 g/mol. The summed E-state index contributed by atoms with van der Waals surface area (Å²) in [5, 5.41) is 19.8. The summed E-state index contributed by atoms with van der Waals surface area (Å²) in [5.41, 5.74) is 0.203. The number of piperidine rings is 1. The Labute approximate surface area is 239 Å². The molecule has 3 fully saturated rings. The van der Waals surface area contributed by atoms with Gasteiger partial charge in [0.05, 0.1) is 28.7 Å². The van der Waals surface area contributed by atoms with Gasteiger partial charge in [0.15, 0.2) is 0 Å². The maximum Gasteiger partial charge on any atom is 0.416 e. The van der Waals surface area contributed by atoms with E-state index in [4.69, 9.17) is 10.00 Å². The van der Waals surface area contributed by atoms with Crippen molar-refractivity contribution in [3.63, 3.8) is 0 Å². The van der Waals surface area contributed by atoms with E-state index in [1.54, 1.807) is 6.07 Å². The van der Waals surface area contributed by atoms with E-state index in [-0.39, 0.29) is 11.8 Å². The van der Waals surface area contributed by atoms with Gasteiger partial charge in [-0.15, -0.1) is 0 Å². The van der Waals surface area contributed by atoms with Gasteiger partial charge in [-0.25, -0.2) is 0 Å². The molecule has 3 atom stereocenters. The molecule has 2 heterocycles. The molecule has 6 nitrogen and oxygen atoms in total. The van der Waals surface area contributed by atoms with Crippen LogP contribution in [0.3, 0.4) is 0 Å². The number of esters is 1. The van der Waals surface area contributed by atoms with Crippen LogP contribution in [0, 0.1) is 40.4 Å². The summed E-state index contributed by atoms with van der Waals surface area (Å²) in [6.07, 6.45) is -1.60. The van der Waals surface area contributed by atoms with Crippen LogP contribution in [0.2, 0.25) is 0 Å². The first-order valence-electron chi connectivity index (χ1n) is 14.4. The molecule has 0 radical (unpaired) electrons. The lowest BCUT2D eigenvalue weighted by molar-refractivity contribution is -0.149. The van der Waals surface area contributed by atoms with Crippen LogP contribution in [-0.2, 0) is 21.1 Å². The van der Waals surface area contributed by atoms with Gasteiger partial charge in [-0.3, -0.25) is 4.79 Å². The Bertz CT molecular complexity index is 1320. The van der Waals surface area contributed by atoms with Gasteiger partial charge in [0, 0.05) is 44.1 Å². The number of alkyl halides is 3. The van der Waals surface area contributed by atoms with Gasteiger partial charge < -0.3 is 14.5 Å². The largest absolute Gasteiger partial charge is 0.462 e. The van der Waals surface area contributed by atoms with Crippen LogP contribution in [0.25, 0.3) is 0 Å². The molecule has 5 rings (SSSR count). The van der Waals surface area contributed by atoms with Gasteiger partial charge in [0.1, 0.15) is 6.10 Å². The fourth-order valence-electron chi connectivity index (χ4n) is 7.32. The van der Waals surface area contributed by atoms with Crippen LogP contribution in [-0.4, -0.2) is 49.7 Å². The molecule has 2 aromatic carbocycles. The van der Waals surface area contributed by atoms with Crippen LogP contribution < -0.4 is 4.90 Å². The summed E-state index contributed by atoms with van der Waals surface area (Å²) in [4.78, 5) is 16.6. The molecule has 0 aromatic heterocycles. The Morgan fingerprint density at radius 2 is 1.68 bits per heavy atom. The van der Waals surface area contributed by atoms with E-state index in [1.165, 1.54) is 13.0 Å². The van der Waals surface area contributed by atoms with Crippen LogP contribution in [0.1, 0.15) is 55.7 Å². The Morgan fingerprint density at radius 3 is 2.29 bits per heavy atom. The van der Waals surface area contributed by atoms with Gasteiger partial charge in [-0.05, 0) is 87.0 Å². The molecular weight excluding hydrogens is 529 g/mol. The highest BCUT2D eigenvalue weighted by molar-refractivity contribution is 5.66. The number of likely N-dealkylation sites (tertiary alicyclic amines) is 1. The lowest BCUT2D eigenvalue weighted by atomic mass is 9.59. The molecule has 3 aliphatic rings. The molecule has 1 saturated carbocycles. The highest BCUT2D eigenvalue weighted by Gasteiger charge is 2.53. The second kappa shape index (κ2) is 11.7. The molecule has 41 heavy (non-hydrogen) atoms. The molecular formula is C32H35F3N4O2. The summed E-state index contributed by atoms with van der Waals surface area (Å²) >= 11 is 0. The molecule has 2 saturated heterocycles. The first kappa shape index (κ1) is 29.0. The van der Waals surface area contributed by atoms with Gasteiger partial charge >= 0.3 is 12.1 Å². The van der Waals surface area contributed by atoms with E-state index in [2.05, 4.69) is 21.9 Å². The molecule has 1 aliphatic carbocycles. The summed E-state index contributed by atoms with van der Waals surface area (Å²) in [5.74, 6) is -0.424. The molecule has 0 N–H and O–H groups in total. The van der Waals surface area contributed by atoms with E-state index in [0.717, 1.165) is 57.0 Å². The molecule has 2 aromatic rings. The zero-order chi connectivity index (χ0) is 29.2. The summed E-state index contributed by atoms with van der Waals surface area (Å²) in [7, 11) is 0. The number of hydrogen-bond acceptors (Lipinski definition) is 6. The van der Waals surface area contributed by atoms with Crippen LogP contribution >= 0.6 is 0 Å². The molecule has 0 bridgehead atoms. The lowest BCUT2D eigenvalue weighted by Gasteiger charge is -2.48. The number of ether oxygens (including phenoxy) is 1. The highest BCUT2D eigenvalue weighted by atomic mass is 19.4. The maximum absolute atomic E-state index is 13.7. The van der Waals surface area contributed by atoms with Crippen molar-refractivity contribution in [2.24, 2.45) is 17.8 Å². The SMILES string of the molecule is CC(=O)O[C@@H]1CCC[C@H]1C(C#N)(c1cccc(C(F)(F)F)c1)C1CCN(CC2CN(c3ccc(C#N)cc3)C2)CC1. The number of benzene rings is 2. The molecule has 216 valence electrons. The van der Waals surface area contributed by atoms with Crippen LogP contribution in [0.4, 0.5) is 18.9 Å². The van der Waals surface area contributed by atoms with Crippen molar-refractivity contribution in [1.82, 2.24) is 4.90 Å². The highest BCUT2D eigenvalue weighted by Crippen LogP contribution is 2.51. The van der Waals surface area contributed by atoms with Crippen molar-refractivity contribution in [2.45, 2.75) is 56.7 Å². The van der Waals surface area contributed by atoms with Gasteiger partial charge in [0.25, 0.3) is 0 Å². The number of nitrogens with zero attached hydrogens (tertiary/aromatic N) is 4. The average Bonchev–Trinajstić information content (AvgIpc) is 3.39. The van der Waals surface area contributed by atoms with E-state index in [1.807, 2.05) is 24.3 Å². The van der Waals surface area contributed by atoms with Crippen molar-refractivity contribution in [3.05, 3.63) is 65.2 Å². The standard InChI is InChI=1S/C32H35F3N4O2/c1-22(40)41-30-7-3-6-29(30)31(21-37,26-4-2-5-27(16-26)32(33,34)35)25-12-14-38(15-13-25)18-24-19-39(20-24)28-10-8-23(17-36)9-11-28/h2,4-5,8-11,16,24-25,29-30H,3,6-7,12-15,18-20H2,1H3/t29-,30-,31?/m1/s1. The van der Waals surface area contributed by atoms with Crippen molar-refractivity contribution in [1.29, 1.82) is 10.5 Å². The van der Waals surface area contributed by atoms with E-state index in [0.29, 0.717) is 42.7 Å². The smallest absolute Gasteiger partial charge is 0.416 e. The Kier molecular flexibility index (Phi) is 8.29. The van der Waals surface area contributed by atoms with E-state index in [9.17, 15) is 23.2 Å². The predicted molar refractivity (Wildman–Crippen MR) is 148 cm³/mol. The van der Waals surface area contributed by atoms with Gasteiger partial charge in [-0.2, -0.15) is 23.7 Å². The lowest BCUT2D eigenvalue weighted by Crippen LogP contribution is -2.54. The molecule has 0 spiro atoms. The summed E-state index contributed by atoms with van der Waals surface area (Å²) < 4.78 is 46.9. The first-order valence-corrected chi connectivity index (χ1v) is 14.4. The normalized spacial score (nSPS) is 23.7. The number of carbonyl (C=O) groups excluding carboxylic acids is 1. The molecule has 9 heteroatoms. The molecule has 1 unspecified atom stereocenters. The topological polar surface area (TPSA) is 80.4 Å². The van der Waals surface area contributed by atoms with Crippen molar-refractivity contribution < 1.29 is 22.7 Å². The zero-order valence-corrected chi connectivity index (χ0v) is 23.2. The van der Waals surface area contributed by atoms with E-state index < -0.39 is 29.2 Å². The minimum Gasteiger partial charge on any atom is -0.462 e. The second-order valence-corrected chi connectivity index (χ2v) is 11.7. The van der Waals surface area contributed by atoms with Crippen LogP contribution in [0.5, 0.6) is 0 Å². The Balaban J connectivity index is 1.30. The van der Waals surface area contributed by atoms with Crippen LogP contribution in [0.15, 0.2) is 48.5 Å². The number of nitriles is 2. The Hall–Kier alpha value is -3.56. The number of anilines is 1. The number of rotatable bonds is 7. The third-order valence-corrected chi connectivity index (χ3v) is 9.27. The molecule has 2 aliphatic heterocycles. The number of halogens is 3. The van der Waals surface area contributed by atoms with Crippen molar-refractivity contribution >= 4 is 11.7 Å². The minimum absolute atomic E-state index is 0.148. The van der Waals surface area contributed by atoms with Gasteiger partial charge in [0.2, 0.25) is 0 Å². The monoisotopic (exact) mass is 564 g/mol. The fourth-order valence-corrected chi connectivity index (χ4v) is 7.32. The second-order valence-electron chi connectivity index (χ2n) is 11.7. The predicted octanol–water partition coefficient (Wildman–Crippen LogP) is 5.92. The third kappa shape index (κ3) is 5.92. The van der Waals surface area contributed by atoms with E-state index >= 15 is 0 Å². The van der Waals surface area contributed by atoms with Gasteiger partial charge in [-0.1, -0.05) is 18.2 Å². The third-order valence-electron chi connectivity index (χ3n) is 9.27. The maximum atomic E-state index is 13.7. The van der Waals surface area contributed by atoms with Crippen molar-refractivity contribution in [2.75, 3.05) is 37.6 Å². The minimum atomic E-state index is -4.51. The summed E-state index contributed by atoms with van der Waals surface area (Å²) in [6.45, 7) is 5.68. The first-order chi connectivity index (χ1) is 19.6. The molecule has 0 amide bonds. The number of hydrogen-bond donors (Lipinski definition) is 0. The van der Waals surface area contributed by atoms with Crippen molar-refractivity contribution in [3.8, 4) is 12.1 Å². The summed E-state index contributed by atoms with van der Waals surface area (Å²) in [6, 6.07) is 17.5. The zero-order valence-electron chi connectivity index (χ0n) is 23.2. The Morgan fingerprint density at radius 1 is 1.00 bits per heavy atom.